The molecule has 0 aliphatic carbocycles. The van der Waals surface area contributed by atoms with Gasteiger partial charge in [0.15, 0.2) is 0 Å². The monoisotopic (exact) mass is 308 g/mol. The van der Waals surface area contributed by atoms with Crippen molar-refractivity contribution < 1.29 is 9.18 Å². The molecule has 3 rings (SSSR count). The van der Waals surface area contributed by atoms with Gasteiger partial charge < -0.3 is 9.88 Å². The van der Waals surface area contributed by atoms with Gasteiger partial charge in [0.2, 0.25) is 0 Å². The average molecular weight is 308 g/mol. The summed E-state index contributed by atoms with van der Waals surface area (Å²) in [6.07, 6.45) is 3.66. The number of hydrogen-bond acceptors (Lipinski definition) is 1. The van der Waals surface area contributed by atoms with E-state index in [0.717, 1.165) is 5.56 Å². The van der Waals surface area contributed by atoms with Crippen LogP contribution in [-0.2, 0) is 7.05 Å². The van der Waals surface area contributed by atoms with Gasteiger partial charge in [-0.15, -0.1) is 0 Å². The SMILES string of the molecule is Cc1cn(C)cc1C(=O)Nc1ccccc1-c1ccccc1F. The molecule has 23 heavy (non-hydrogen) atoms. The molecule has 1 aromatic heterocycles. The zero-order chi connectivity index (χ0) is 16.4. The van der Waals surface area contributed by atoms with Gasteiger partial charge in [0.05, 0.1) is 5.56 Å². The standard InChI is InChI=1S/C19H17FN2O/c1-13-11-22(2)12-16(13)19(23)21-18-10-6-4-8-15(18)14-7-3-5-9-17(14)20/h3-12H,1-2H3,(H,21,23). The Bertz CT molecular complexity index is 867. The van der Waals surface area contributed by atoms with Crippen LogP contribution in [0.25, 0.3) is 11.1 Å². The van der Waals surface area contributed by atoms with Crippen molar-refractivity contribution in [1.29, 1.82) is 0 Å². The van der Waals surface area contributed by atoms with Crippen LogP contribution in [0.15, 0.2) is 60.9 Å². The highest BCUT2D eigenvalue weighted by Gasteiger charge is 2.14. The number of nitrogens with one attached hydrogen (secondary N) is 1. The van der Waals surface area contributed by atoms with Crippen LogP contribution in [0, 0.1) is 12.7 Å². The van der Waals surface area contributed by atoms with Gasteiger partial charge in [0, 0.05) is 36.3 Å². The van der Waals surface area contributed by atoms with E-state index in [9.17, 15) is 9.18 Å². The van der Waals surface area contributed by atoms with Crippen LogP contribution in [-0.4, -0.2) is 10.5 Å². The highest BCUT2D eigenvalue weighted by molar-refractivity contribution is 6.07. The third-order valence-corrected chi connectivity index (χ3v) is 3.74. The Balaban J connectivity index is 1.97. The van der Waals surface area contributed by atoms with E-state index < -0.39 is 0 Å². The van der Waals surface area contributed by atoms with Gasteiger partial charge in [0.25, 0.3) is 5.91 Å². The van der Waals surface area contributed by atoms with Crippen molar-refractivity contribution in [3.63, 3.8) is 0 Å². The zero-order valence-electron chi connectivity index (χ0n) is 13.0. The summed E-state index contributed by atoms with van der Waals surface area (Å²) in [6, 6.07) is 13.8. The highest BCUT2D eigenvalue weighted by atomic mass is 19.1. The van der Waals surface area contributed by atoms with Crippen molar-refractivity contribution in [1.82, 2.24) is 4.57 Å². The maximum atomic E-state index is 14.1. The number of carbonyl (C=O) groups is 1. The first-order valence-electron chi connectivity index (χ1n) is 7.34. The number of rotatable bonds is 3. The van der Waals surface area contributed by atoms with Crippen molar-refractivity contribution in [2.24, 2.45) is 7.05 Å². The molecule has 4 heteroatoms. The number of nitrogens with zero attached hydrogens (tertiary/aromatic N) is 1. The topological polar surface area (TPSA) is 34.0 Å². The average Bonchev–Trinajstić information content (AvgIpc) is 2.87. The number of carbonyl (C=O) groups excluding carboxylic acids is 1. The summed E-state index contributed by atoms with van der Waals surface area (Å²) in [5.74, 6) is -0.517. The summed E-state index contributed by atoms with van der Waals surface area (Å²) in [6.45, 7) is 1.89. The van der Waals surface area contributed by atoms with E-state index >= 15 is 0 Å². The number of hydrogen-bond donors (Lipinski definition) is 1. The number of benzene rings is 2. The van der Waals surface area contributed by atoms with Gasteiger partial charge in [-0.2, -0.15) is 0 Å². The molecule has 3 aromatic rings. The molecule has 0 spiro atoms. The molecule has 2 aromatic carbocycles. The molecule has 1 heterocycles. The van der Waals surface area contributed by atoms with E-state index in [2.05, 4.69) is 5.32 Å². The van der Waals surface area contributed by atoms with Crippen molar-refractivity contribution in [2.45, 2.75) is 6.92 Å². The molecular weight excluding hydrogens is 291 g/mol. The van der Waals surface area contributed by atoms with E-state index in [-0.39, 0.29) is 11.7 Å². The summed E-state index contributed by atoms with van der Waals surface area (Å²) in [5.41, 5.74) is 3.22. The molecule has 0 bridgehead atoms. The van der Waals surface area contributed by atoms with Crippen LogP contribution >= 0.6 is 0 Å². The van der Waals surface area contributed by atoms with Gasteiger partial charge in [-0.25, -0.2) is 4.39 Å². The van der Waals surface area contributed by atoms with Crippen LogP contribution in [0.1, 0.15) is 15.9 Å². The summed E-state index contributed by atoms with van der Waals surface area (Å²) in [4.78, 5) is 12.5. The van der Waals surface area contributed by atoms with E-state index in [1.165, 1.54) is 6.07 Å². The molecule has 0 saturated carbocycles. The Hall–Kier alpha value is -2.88. The maximum Gasteiger partial charge on any atom is 0.257 e. The van der Waals surface area contributed by atoms with Gasteiger partial charge in [0.1, 0.15) is 5.82 Å². The van der Waals surface area contributed by atoms with Crippen molar-refractivity contribution in [3.05, 3.63) is 77.9 Å². The van der Waals surface area contributed by atoms with Crippen molar-refractivity contribution in [2.75, 3.05) is 5.32 Å². The van der Waals surface area contributed by atoms with Crippen LogP contribution in [0.2, 0.25) is 0 Å². The third kappa shape index (κ3) is 3.01. The lowest BCUT2D eigenvalue weighted by Gasteiger charge is -2.12. The van der Waals surface area contributed by atoms with E-state index in [4.69, 9.17) is 0 Å². The number of aromatic nitrogens is 1. The minimum Gasteiger partial charge on any atom is -0.356 e. The fourth-order valence-electron chi connectivity index (χ4n) is 2.65. The van der Waals surface area contributed by atoms with Crippen molar-refractivity contribution >= 4 is 11.6 Å². The predicted molar refractivity (Wildman–Crippen MR) is 89.9 cm³/mol. The minimum absolute atomic E-state index is 0.202. The van der Waals surface area contributed by atoms with Gasteiger partial charge in [-0.1, -0.05) is 36.4 Å². The molecule has 0 atom stereocenters. The normalized spacial score (nSPS) is 10.6. The Morgan fingerprint density at radius 2 is 1.65 bits per heavy atom. The molecule has 3 nitrogen and oxygen atoms in total. The van der Waals surface area contributed by atoms with Crippen molar-refractivity contribution in [3.8, 4) is 11.1 Å². The summed E-state index contributed by atoms with van der Waals surface area (Å²) in [5, 5.41) is 2.89. The minimum atomic E-state index is -0.315. The maximum absolute atomic E-state index is 14.1. The fourth-order valence-corrected chi connectivity index (χ4v) is 2.65. The number of para-hydroxylation sites is 1. The quantitative estimate of drug-likeness (QED) is 0.765. The molecule has 0 radical (unpaired) electrons. The lowest BCUT2D eigenvalue weighted by atomic mass is 10.0. The predicted octanol–water partition coefficient (Wildman–Crippen LogP) is 4.39. The smallest absolute Gasteiger partial charge is 0.257 e. The first-order chi connectivity index (χ1) is 11.1. The molecule has 0 saturated heterocycles. The second-order valence-corrected chi connectivity index (χ2v) is 5.50. The van der Waals surface area contributed by atoms with Crippen LogP contribution in [0.4, 0.5) is 10.1 Å². The largest absolute Gasteiger partial charge is 0.356 e. The first-order valence-corrected chi connectivity index (χ1v) is 7.34. The third-order valence-electron chi connectivity index (χ3n) is 3.74. The molecule has 0 unspecified atom stereocenters. The summed E-state index contributed by atoms with van der Waals surface area (Å²) >= 11 is 0. The molecular formula is C19H17FN2O. The van der Waals surface area contributed by atoms with Crippen LogP contribution < -0.4 is 5.32 Å². The fraction of sp³-hybridized carbons (Fsp3) is 0.105. The highest BCUT2D eigenvalue weighted by Crippen LogP contribution is 2.30. The Labute approximate surface area is 134 Å². The van der Waals surface area contributed by atoms with Crippen LogP contribution in [0.5, 0.6) is 0 Å². The lowest BCUT2D eigenvalue weighted by molar-refractivity contribution is 0.102. The molecule has 0 aliphatic rings. The van der Waals surface area contributed by atoms with Gasteiger partial charge in [-0.05, 0) is 24.6 Å². The summed E-state index contributed by atoms with van der Waals surface area (Å²) in [7, 11) is 1.87. The molecule has 0 fully saturated rings. The number of amides is 1. The Morgan fingerprint density at radius 1 is 1.00 bits per heavy atom. The Kier molecular flexibility index (Phi) is 3.98. The molecule has 116 valence electrons. The zero-order valence-corrected chi connectivity index (χ0v) is 13.0. The number of halogens is 1. The van der Waals surface area contributed by atoms with Crippen LogP contribution in [0.3, 0.4) is 0 Å². The van der Waals surface area contributed by atoms with Gasteiger partial charge >= 0.3 is 0 Å². The second kappa shape index (κ2) is 6.08. The molecule has 1 amide bonds. The van der Waals surface area contributed by atoms with E-state index in [0.29, 0.717) is 22.4 Å². The molecule has 0 aliphatic heterocycles. The van der Waals surface area contributed by atoms with E-state index in [1.807, 2.05) is 36.9 Å². The van der Waals surface area contributed by atoms with E-state index in [1.54, 1.807) is 36.5 Å². The lowest BCUT2D eigenvalue weighted by Crippen LogP contribution is -2.13. The first kappa shape index (κ1) is 15.0. The molecule has 1 N–H and O–H groups in total. The Morgan fingerprint density at radius 3 is 2.30 bits per heavy atom. The second-order valence-electron chi connectivity index (χ2n) is 5.50. The number of anilines is 1. The van der Waals surface area contributed by atoms with Gasteiger partial charge in [-0.3, -0.25) is 4.79 Å². The number of aryl methyl sites for hydroxylation is 2. The summed E-state index contributed by atoms with van der Waals surface area (Å²) < 4.78 is 15.9.